The predicted molar refractivity (Wildman–Crippen MR) is 159 cm³/mol. The van der Waals surface area contributed by atoms with Crippen molar-refractivity contribution in [1.82, 2.24) is 0 Å². The van der Waals surface area contributed by atoms with Crippen molar-refractivity contribution < 1.29 is 19.5 Å². The Morgan fingerprint density at radius 3 is 1.31 bits per heavy atom. The summed E-state index contributed by atoms with van der Waals surface area (Å²) < 4.78 is 12.6. The Balaban J connectivity index is 2.23. The molecule has 1 aromatic rings. The van der Waals surface area contributed by atoms with Gasteiger partial charge in [-0.05, 0) is 40.9 Å². The second-order valence-corrected chi connectivity index (χ2v) is 11.1. The van der Waals surface area contributed by atoms with Crippen LogP contribution >= 0.6 is 15.9 Å². The van der Waals surface area contributed by atoms with Gasteiger partial charge in [-0.2, -0.15) is 0 Å². The molecule has 0 aliphatic heterocycles. The fraction of sp³-hybridized carbons (Fsp3) is 0.800. The Morgan fingerprint density at radius 2 is 0.917 bits per heavy atom. The molecule has 0 amide bonds. The zero-order chi connectivity index (χ0) is 26.3. The van der Waals surface area contributed by atoms with Crippen molar-refractivity contribution in [3.63, 3.8) is 0 Å². The second kappa shape index (κ2) is 23.4. The van der Waals surface area contributed by atoms with Crippen molar-refractivity contribution in [2.75, 3.05) is 13.2 Å². The summed E-state index contributed by atoms with van der Waals surface area (Å²) in [6.07, 6.45) is 25.7. The average molecular weight is 569 g/mol. The Morgan fingerprint density at radius 1 is 0.556 bits per heavy atom. The van der Waals surface area contributed by atoms with Gasteiger partial charge < -0.3 is 19.5 Å². The third-order valence-electron chi connectivity index (χ3n) is 6.85. The van der Waals surface area contributed by atoms with Crippen LogP contribution < -0.4 is 14.9 Å². The smallest absolute Gasteiger partial charge is 0.492 e. The molecule has 36 heavy (non-hydrogen) atoms. The fourth-order valence-corrected chi connectivity index (χ4v) is 4.97. The minimum absolute atomic E-state index is 0.364. The minimum atomic E-state index is -1.58. The summed E-state index contributed by atoms with van der Waals surface area (Å²) in [6.45, 7) is 5.73. The molecule has 208 valence electrons. The normalized spacial score (nSPS) is 11.1. The van der Waals surface area contributed by atoms with Crippen LogP contribution in [0.1, 0.15) is 142 Å². The molecule has 0 radical (unpaired) electrons. The van der Waals surface area contributed by atoms with Crippen molar-refractivity contribution in [2.24, 2.45) is 0 Å². The Kier molecular flexibility index (Phi) is 21.7. The number of rotatable bonds is 25. The predicted octanol–water partition coefficient (Wildman–Crippen LogP) is 8.73. The molecule has 0 spiro atoms. The fourth-order valence-electron chi connectivity index (χ4n) is 4.53. The summed E-state index contributed by atoms with van der Waals surface area (Å²) >= 11 is 3.56. The maximum atomic E-state index is 9.86. The molecule has 2 N–H and O–H groups in total. The molecule has 0 saturated heterocycles. The molecule has 0 heterocycles. The number of ether oxygens (including phenoxy) is 2. The first kappa shape index (κ1) is 33.3. The van der Waals surface area contributed by atoms with E-state index < -0.39 is 7.12 Å². The highest BCUT2D eigenvalue weighted by Crippen LogP contribution is 2.29. The lowest BCUT2D eigenvalue weighted by Gasteiger charge is -2.15. The Hall–Kier alpha value is -0.715. The molecule has 0 saturated carbocycles. The van der Waals surface area contributed by atoms with Gasteiger partial charge in [0, 0.05) is 5.46 Å². The second-order valence-electron chi connectivity index (χ2n) is 10.3. The van der Waals surface area contributed by atoms with Gasteiger partial charge in [0.1, 0.15) is 11.5 Å². The first-order valence-corrected chi connectivity index (χ1v) is 15.8. The van der Waals surface area contributed by atoms with Crippen LogP contribution in [0.4, 0.5) is 0 Å². The van der Waals surface area contributed by atoms with Gasteiger partial charge in [0.05, 0.1) is 17.7 Å². The van der Waals surface area contributed by atoms with Crippen molar-refractivity contribution in [3.05, 3.63) is 16.6 Å². The molecule has 1 aromatic carbocycles. The maximum Gasteiger partial charge on any atom is 0.492 e. The monoisotopic (exact) mass is 568 g/mol. The number of benzene rings is 1. The van der Waals surface area contributed by atoms with Crippen molar-refractivity contribution in [3.8, 4) is 11.5 Å². The molecule has 0 aliphatic rings. The van der Waals surface area contributed by atoms with Gasteiger partial charge in [-0.3, -0.25) is 0 Å². The first-order valence-electron chi connectivity index (χ1n) is 15.0. The van der Waals surface area contributed by atoms with Crippen LogP contribution in [0.2, 0.25) is 0 Å². The Labute approximate surface area is 231 Å². The lowest BCUT2D eigenvalue weighted by Crippen LogP contribution is -2.32. The van der Waals surface area contributed by atoms with Crippen LogP contribution in [-0.2, 0) is 0 Å². The standard InChI is InChI=1S/C30H54BBrO4/c1-3-5-7-9-11-13-15-17-19-21-23-35-29-26-28(32)30(25-27(29)31(33)34)36-24-22-20-18-16-14-12-10-8-6-4-2/h25-26,33-34H,3-24H2,1-2H3. The summed E-state index contributed by atoms with van der Waals surface area (Å²) in [5.41, 5.74) is 0.364. The molecule has 0 aliphatic carbocycles. The van der Waals surface area contributed by atoms with E-state index in [1.165, 1.54) is 109 Å². The molecule has 0 fully saturated rings. The van der Waals surface area contributed by atoms with E-state index >= 15 is 0 Å². The quantitative estimate of drug-likeness (QED) is 0.0914. The number of unbranched alkanes of at least 4 members (excludes halogenated alkanes) is 18. The lowest BCUT2D eigenvalue weighted by molar-refractivity contribution is 0.295. The van der Waals surface area contributed by atoms with E-state index in [4.69, 9.17) is 9.47 Å². The van der Waals surface area contributed by atoms with Crippen LogP contribution in [0.25, 0.3) is 0 Å². The highest BCUT2D eigenvalue weighted by Gasteiger charge is 2.20. The SMILES string of the molecule is CCCCCCCCCCCCOc1cc(B(O)O)c(OCCCCCCCCCCCC)cc1Br. The zero-order valence-electron chi connectivity index (χ0n) is 23.4. The first-order chi connectivity index (χ1) is 17.6. The summed E-state index contributed by atoms with van der Waals surface area (Å²) in [6, 6.07) is 3.50. The van der Waals surface area contributed by atoms with E-state index in [0.717, 1.165) is 23.7 Å². The third-order valence-corrected chi connectivity index (χ3v) is 7.47. The number of halogens is 1. The summed E-state index contributed by atoms with van der Waals surface area (Å²) in [4.78, 5) is 0. The molecule has 0 bridgehead atoms. The highest BCUT2D eigenvalue weighted by atomic mass is 79.9. The average Bonchev–Trinajstić information content (AvgIpc) is 2.86. The van der Waals surface area contributed by atoms with Gasteiger partial charge in [0.15, 0.2) is 0 Å². The van der Waals surface area contributed by atoms with E-state index in [1.54, 1.807) is 12.1 Å². The molecule has 4 nitrogen and oxygen atoms in total. The molecule has 0 unspecified atom stereocenters. The van der Waals surface area contributed by atoms with Crippen LogP contribution in [0.5, 0.6) is 11.5 Å². The van der Waals surface area contributed by atoms with Gasteiger partial charge in [-0.1, -0.05) is 129 Å². The summed E-state index contributed by atoms with van der Waals surface area (Å²) in [5.74, 6) is 1.15. The van der Waals surface area contributed by atoms with E-state index in [9.17, 15) is 10.0 Å². The van der Waals surface area contributed by atoms with Gasteiger partial charge in [0.25, 0.3) is 0 Å². The van der Waals surface area contributed by atoms with Crippen molar-refractivity contribution >= 4 is 28.5 Å². The highest BCUT2D eigenvalue weighted by molar-refractivity contribution is 9.10. The third kappa shape index (κ3) is 16.9. The van der Waals surface area contributed by atoms with E-state index in [1.807, 2.05) is 0 Å². The molecular formula is C30H54BBrO4. The molecule has 0 atom stereocenters. The van der Waals surface area contributed by atoms with Gasteiger partial charge in [0.2, 0.25) is 0 Å². The zero-order valence-corrected chi connectivity index (χ0v) is 25.0. The van der Waals surface area contributed by atoms with Crippen LogP contribution in [-0.4, -0.2) is 30.4 Å². The molecule has 6 heteroatoms. The molecule has 1 rings (SSSR count). The lowest BCUT2D eigenvalue weighted by atomic mass is 9.79. The minimum Gasteiger partial charge on any atom is -0.494 e. The van der Waals surface area contributed by atoms with Crippen LogP contribution in [0.15, 0.2) is 16.6 Å². The van der Waals surface area contributed by atoms with E-state index in [0.29, 0.717) is 30.2 Å². The van der Waals surface area contributed by atoms with E-state index in [2.05, 4.69) is 29.8 Å². The van der Waals surface area contributed by atoms with Gasteiger partial charge in [-0.15, -0.1) is 0 Å². The molecular weight excluding hydrogens is 515 g/mol. The van der Waals surface area contributed by atoms with Crippen LogP contribution in [0, 0.1) is 0 Å². The van der Waals surface area contributed by atoms with Crippen molar-refractivity contribution in [1.29, 1.82) is 0 Å². The van der Waals surface area contributed by atoms with Gasteiger partial charge in [-0.25, -0.2) is 0 Å². The van der Waals surface area contributed by atoms with Crippen LogP contribution in [0.3, 0.4) is 0 Å². The van der Waals surface area contributed by atoms with Gasteiger partial charge >= 0.3 is 7.12 Å². The summed E-state index contributed by atoms with van der Waals surface area (Å²) in [5, 5.41) is 19.7. The topological polar surface area (TPSA) is 58.9 Å². The van der Waals surface area contributed by atoms with Crippen molar-refractivity contribution in [2.45, 2.75) is 142 Å². The van der Waals surface area contributed by atoms with E-state index in [-0.39, 0.29) is 0 Å². The number of hydrogen-bond acceptors (Lipinski definition) is 4. The largest absolute Gasteiger partial charge is 0.494 e. The Bertz CT molecular complexity index is 642. The summed E-state index contributed by atoms with van der Waals surface area (Å²) in [7, 11) is -1.58. The maximum absolute atomic E-state index is 9.86. The molecule has 0 aromatic heterocycles. The number of hydrogen-bond donors (Lipinski definition) is 2.